The third-order valence-electron chi connectivity index (χ3n) is 1.76. The molecule has 0 aliphatic rings. The molecule has 0 heterocycles. The van der Waals surface area contributed by atoms with Crippen molar-refractivity contribution in [1.82, 2.24) is 5.32 Å². The number of carbonyl (C=O) groups is 1. The fraction of sp³-hybridized carbons (Fsp3) is 0.364. The molecule has 4 nitrogen and oxygen atoms in total. The third kappa shape index (κ3) is 4.75. The van der Waals surface area contributed by atoms with Gasteiger partial charge in [-0.1, -0.05) is 6.07 Å². The van der Waals surface area contributed by atoms with Gasteiger partial charge in [-0.05, 0) is 12.1 Å². The molecule has 0 bridgehead atoms. The Bertz CT molecular complexity index is 344. The first-order valence-electron chi connectivity index (χ1n) is 4.86. The van der Waals surface area contributed by atoms with Crippen LogP contribution >= 0.6 is 0 Å². The molecule has 0 aromatic heterocycles. The average Bonchev–Trinajstić information content (AvgIpc) is 2.25. The Kier molecular flexibility index (Phi) is 5.28. The van der Waals surface area contributed by atoms with E-state index in [1.54, 1.807) is 12.1 Å². The van der Waals surface area contributed by atoms with Crippen molar-refractivity contribution in [3.63, 3.8) is 0 Å². The summed E-state index contributed by atoms with van der Waals surface area (Å²) in [5.41, 5.74) is 0. The molecule has 0 aliphatic heterocycles. The zero-order chi connectivity index (χ0) is 11.8. The van der Waals surface area contributed by atoms with Crippen molar-refractivity contribution in [2.45, 2.75) is 0 Å². The molecule has 0 fully saturated rings. The summed E-state index contributed by atoms with van der Waals surface area (Å²) in [5, 5.41) is 2.59. The predicted molar refractivity (Wildman–Crippen MR) is 56.8 cm³/mol. The van der Waals surface area contributed by atoms with Gasteiger partial charge in [0.2, 0.25) is 5.91 Å². The highest BCUT2D eigenvalue weighted by Gasteiger charge is 1.99. The van der Waals surface area contributed by atoms with Gasteiger partial charge in [-0.15, -0.1) is 0 Å². The highest BCUT2D eigenvalue weighted by molar-refractivity contribution is 5.77. The lowest BCUT2D eigenvalue weighted by Gasteiger charge is -2.07. The van der Waals surface area contributed by atoms with Crippen molar-refractivity contribution in [2.24, 2.45) is 0 Å². The zero-order valence-electron chi connectivity index (χ0n) is 9.03. The second-order valence-electron chi connectivity index (χ2n) is 3.09. The zero-order valence-corrected chi connectivity index (χ0v) is 9.03. The summed E-state index contributed by atoms with van der Waals surface area (Å²) in [6.07, 6.45) is 0. The first kappa shape index (κ1) is 12.4. The Hall–Kier alpha value is -1.62. The van der Waals surface area contributed by atoms with E-state index in [0.29, 0.717) is 18.9 Å². The van der Waals surface area contributed by atoms with Crippen LogP contribution in [0.4, 0.5) is 4.39 Å². The molecule has 0 atom stereocenters. The van der Waals surface area contributed by atoms with E-state index < -0.39 is 0 Å². The van der Waals surface area contributed by atoms with Gasteiger partial charge in [0.05, 0.1) is 6.54 Å². The lowest BCUT2D eigenvalue weighted by molar-refractivity contribution is -0.124. The Morgan fingerprint density at radius 3 is 3.00 bits per heavy atom. The van der Waals surface area contributed by atoms with Crippen molar-refractivity contribution in [3.05, 3.63) is 30.1 Å². The van der Waals surface area contributed by atoms with Gasteiger partial charge in [0.25, 0.3) is 0 Å². The lowest BCUT2D eigenvalue weighted by Crippen LogP contribution is -2.30. The van der Waals surface area contributed by atoms with Crippen LogP contribution in [-0.2, 0) is 9.53 Å². The van der Waals surface area contributed by atoms with E-state index in [1.165, 1.54) is 19.2 Å². The SMILES string of the molecule is COCC(=O)NCCOc1cccc(F)c1. The van der Waals surface area contributed by atoms with Crippen LogP contribution in [0.1, 0.15) is 0 Å². The van der Waals surface area contributed by atoms with Gasteiger partial charge >= 0.3 is 0 Å². The summed E-state index contributed by atoms with van der Waals surface area (Å²) in [7, 11) is 1.45. The highest BCUT2D eigenvalue weighted by Crippen LogP contribution is 2.11. The van der Waals surface area contributed by atoms with E-state index in [9.17, 15) is 9.18 Å². The number of amides is 1. The number of methoxy groups -OCH3 is 1. The molecule has 88 valence electrons. The molecule has 0 saturated heterocycles. The molecular weight excluding hydrogens is 213 g/mol. The molecule has 1 aromatic rings. The van der Waals surface area contributed by atoms with Crippen molar-refractivity contribution in [1.29, 1.82) is 0 Å². The number of nitrogens with one attached hydrogen (secondary N) is 1. The van der Waals surface area contributed by atoms with Gasteiger partial charge in [0.15, 0.2) is 0 Å². The molecule has 0 spiro atoms. The molecule has 1 aromatic carbocycles. The van der Waals surface area contributed by atoms with Gasteiger partial charge < -0.3 is 14.8 Å². The second kappa shape index (κ2) is 6.79. The van der Waals surface area contributed by atoms with Crippen LogP contribution in [-0.4, -0.2) is 32.8 Å². The van der Waals surface area contributed by atoms with E-state index in [1.807, 2.05) is 0 Å². The quantitative estimate of drug-likeness (QED) is 0.736. The Balaban J connectivity index is 2.18. The van der Waals surface area contributed by atoms with Crippen LogP contribution in [0.25, 0.3) is 0 Å². The van der Waals surface area contributed by atoms with Gasteiger partial charge in [-0.25, -0.2) is 4.39 Å². The predicted octanol–water partition coefficient (Wildman–Crippen LogP) is 0.967. The standard InChI is InChI=1S/C11H14FNO3/c1-15-8-11(14)13-5-6-16-10-4-2-3-9(12)7-10/h2-4,7H,5-6,8H2,1H3,(H,13,14). The number of rotatable bonds is 6. The fourth-order valence-corrected chi connectivity index (χ4v) is 1.10. The number of hydrogen-bond acceptors (Lipinski definition) is 3. The summed E-state index contributed by atoms with van der Waals surface area (Å²) in [5.74, 6) is -0.104. The second-order valence-corrected chi connectivity index (χ2v) is 3.09. The van der Waals surface area contributed by atoms with Gasteiger partial charge in [0.1, 0.15) is 24.8 Å². The normalized spacial score (nSPS) is 9.88. The van der Waals surface area contributed by atoms with Crippen LogP contribution < -0.4 is 10.1 Å². The van der Waals surface area contributed by atoms with Crippen LogP contribution in [0.2, 0.25) is 0 Å². The summed E-state index contributed by atoms with van der Waals surface area (Å²) in [4.78, 5) is 11.0. The van der Waals surface area contributed by atoms with E-state index in [-0.39, 0.29) is 18.3 Å². The number of halogens is 1. The van der Waals surface area contributed by atoms with Crippen molar-refractivity contribution in [3.8, 4) is 5.75 Å². The fourth-order valence-electron chi connectivity index (χ4n) is 1.10. The largest absolute Gasteiger partial charge is 0.492 e. The number of benzene rings is 1. The lowest BCUT2D eigenvalue weighted by atomic mass is 10.3. The van der Waals surface area contributed by atoms with Crippen molar-refractivity contribution >= 4 is 5.91 Å². The summed E-state index contributed by atoms with van der Waals surface area (Å²) in [6, 6.07) is 5.85. The number of hydrogen-bond donors (Lipinski definition) is 1. The van der Waals surface area contributed by atoms with E-state index in [2.05, 4.69) is 10.1 Å². The molecule has 5 heteroatoms. The molecule has 16 heavy (non-hydrogen) atoms. The molecule has 0 saturated carbocycles. The third-order valence-corrected chi connectivity index (χ3v) is 1.76. The Labute approximate surface area is 93.4 Å². The smallest absolute Gasteiger partial charge is 0.246 e. The molecule has 1 rings (SSSR count). The first-order chi connectivity index (χ1) is 7.72. The van der Waals surface area contributed by atoms with Crippen LogP contribution in [0.15, 0.2) is 24.3 Å². The van der Waals surface area contributed by atoms with Crippen LogP contribution in [0.3, 0.4) is 0 Å². The monoisotopic (exact) mass is 227 g/mol. The van der Waals surface area contributed by atoms with Crippen molar-refractivity contribution < 1.29 is 18.7 Å². The number of ether oxygens (including phenoxy) is 2. The highest BCUT2D eigenvalue weighted by atomic mass is 19.1. The molecule has 0 radical (unpaired) electrons. The average molecular weight is 227 g/mol. The van der Waals surface area contributed by atoms with Crippen molar-refractivity contribution in [2.75, 3.05) is 26.9 Å². The minimum Gasteiger partial charge on any atom is -0.492 e. The summed E-state index contributed by atoms with van der Waals surface area (Å²) < 4.78 is 22.6. The van der Waals surface area contributed by atoms with E-state index in [4.69, 9.17) is 4.74 Å². The molecule has 0 unspecified atom stereocenters. The Morgan fingerprint density at radius 1 is 1.50 bits per heavy atom. The maximum atomic E-state index is 12.7. The maximum absolute atomic E-state index is 12.7. The minimum atomic E-state index is -0.346. The molecule has 1 amide bonds. The topological polar surface area (TPSA) is 47.6 Å². The Morgan fingerprint density at radius 2 is 2.31 bits per heavy atom. The molecule has 0 aliphatic carbocycles. The summed E-state index contributed by atoms with van der Waals surface area (Å²) in [6.45, 7) is 0.678. The first-order valence-corrected chi connectivity index (χ1v) is 4.86. The van der Waals surface area contributed by atoms with E-state index >= 15 is 0 Å². The molecular formula is C11H14FNO3. The van der Waals surface area contributed by atoms with E-state index in [0.717, 1.165) is 0 Å². The van der Waals surface area contributed by atoms with Crippen LogP contribution in [0.5, 0.6) is 5.75 Å². The van der Waals surface area contributed by atoms with Gasteiger partial charge in [-0.2, -0.15) is 0 Å². The summed E-state index contributed by atoms with van der Waals surface area (Å²) >= 11 is 0. The number of carbonyl (C=O) groups excluding carboxylic acids is 1. The molecule has 1 N–H and O–H groups in total. The maximum Gasteiger partial charge on any atom is 0.246 e. The van der Waals surface area contributed by atoms with Crippen LogP contribution in [0, 0.1) is 5.82 Å². The van der Waals surface area contributed by atoms with Gasteiger partial charge in [0, 0.05) is 13.2 Å². The minimum absolute atomic E-state index is 0.0277. The van der Waals surface area contributed by atoms with Gasteiger partial charge in [-0.3, -0.25) is 4.79 Å².